The maximum absolute atomic E-state index is 14.0. The molecule has 20 heavy (non-hydrogen) atoms. The maximum atomic E-state index is 14.0. The van der Waals surface area contributed by atoms with Gasteiger partial charge in [0.15, 0.2) is 10.8 Å². The van der Waals surface area contributed by atoms with Crippen molar-refractivity contribution in [3.05, 3.63) is 52.8 Å². The fourth-order valence-electron chi connectivity index (χ4n) is 2.00. The highest BCUT2D eigenvalue weighted by atomic mass is 35.5. The number of hydrogen-bond donors (Lipinski definition) is 0. The van der Waals surface area contributed by atoms with E-state index in [2.05, 4.69) is 4.98 Å². The predicted molar refractivity (Wildman–Crippen MR) is 73.4 cm³/mol. The topological polar surface area (TPSA) is 44.1 Å². The summed E-state index contributed by atoms with van der Waals surface area (Å²) in [5.74, 6) is -0.684. The van der Waals surface area contributed by atoms with E-state index >= 15 is 0 Å². The van der Waals surface area contributed by atoms with Crippen LogP contribution in [0.4, 0.5) is 4.39 Å². The molecule has 1 aromatic carbocycles. The molecule has 0 aliphatic rings. The molecule has 0 bridgehead atoms. The maximum Gasteiger partial charge on any atom is 0.358 e. The fourth-order valence-corrected chi connectivity index (χ4v) is 2.23. The lowest BCUT2D eigenvalue weighted by Gasteiger charge is -2.16. The molecule has 106 valence electrons. The number of aromatic nitrogens is 2. The number of rotatable bonds is 4. The van der Waals surface area contributed by atoms with Crippen LogP contribution in [0, 0.1) is 6.08 Å². The molecule has 0 amide bonds. The van der Waals surface area contributed by atoms with Gasteiger partial charge in [-0.3, -0.25) is 4.57 Å². The van der Waals surface area contributed by atoms with Gasteiger partial charge in [-0.15, -0.1) is 0 Å². The summed E-state index contributed by atoms with van der Waals surface area (Å²) < 4.78 is 20.0. The van der Waals surface area contributed by atoms with Crippen LogP contribution < -0.4 is 0 Å². The van der Waals surface area contributed by atoms with Crippen LogP contribution >= 0.6 is 11.6 Å². The molecule has 0 saturated heterocycles. The van der Waals surface area contributed by atoms with E-state index in [9.17, 15) is 9.18 Å². The van der Waals surface area contributed by atoms with Crippen molar-refractivity contribution >= 4 is 17.6 Å². The molecule has 1 atom stereocenters. The van der Waals surface area contributed by atoms with Crippen molar-refractivity contribution in [2.24, 2.45) is 0 Å². The number of hydrogen-bond acceptors (Lipinski definition) is 3. The summed E-state index contributed by atoms with van der Waals surface area (Å²) in [6.45, 7) is 3.62. The van der Waals surface area contributed by atoms with Crippen LogP contribution in [0.15, 0.2) is 30.3 Å². The number of benzene rings is 1. The van der Waals surface area contributed by atoms with Crippen molar-refractivity contribution in [1.82, 2.24) is 9.55 Å². The average molecular weight is 297 g/mol. The third-order valence-corrected chi connectivity index (χ3v) is 3.23. The molecular weight excluding hydrogens is 283 g/mol. The molecule has 0 aliphatic heterocycles. The van der Waals surface area contributed by atoms with E-state index in [1.54, 1.807) is 13.8 Å². The van der Waals surface area contributed by atoms with E-state index in [4.69, 9.17) is 16.3 Å². The number of imidazole rings is 1. The van der Waals surface area contributed by atoms with E-state index in [1.165, 1.54) is 0 Å². The summed E-state index contributed by atoms with van der Waals surface area (Å²) in [7, 11) is 0. The lowest BCUT2D eigenvalue weighted by Crippen LogP contribution is -2.18. The molecule has 0 aliphatic carbocycles. The minimum absolute atomic E-state index is 0.0673. The molecule has 2 aromatic rings. The van der Waals surface area contributed by atoms with Gasteiger partial charge in [-0.2, -0.15) is 9.37 Å². The first-order chi connectivity index (χ1) is 9.56. The molecule has 1 heterocycles. The van der Waals surface area contributed by atoms with Gasteiger partial charge in [0.2, 0.25) is 0 Å². The Labute approximate surface area is 121 Å². The second kappa shape index (κ2) is 6.05. The van der Waals surface area contributed by atoms with Crippen molar-refractivity contribution in [2.45, 2.75) is 19.9 Å². The van der Waals surface area contributed by atoms with Crippen LogP contribution in [0.25, 0.3) is 0 Å². The lowest BCUT2D eigenvalue weighted by atomic mass is 10.1. The van der Waals surface area contributed by atoms with Gasteiger partial charge in [-0.05, 0) is 19.4 Å². The Morgan fingerprint density at radius 1 is 1.45 bits per heavy atom. The van der Waals surface area contributed by atoms with Gasteiger partial charge >= 0.3 is 5.97 Å². The Bertz CT molecular complexity index is 613. The zero-order chi connectivity index (χ0) is 14.7. The summed E-state index contributed by atoms with van der Waals surface area (Å²) in [6.07, 6.45) is -0.811. The van der Waals surface area contributed by atoms with Crippen molar-refractivity contribution in [2.75, 3.05) is 6.61 Å². The first-order valence-electron chi connectivity index (χ1n) is 6.21. The SMILES string of the molecule is CCOC(=O)c1c(Cl)nc(F)n1[C@H](C)c1ccccc1. The number of esters is 1. The first-order valence-corrected chi connectivity index (χ1v) is 6.59. The molecule has 4 nitrogen and oxygen atoms in total. The monoisotopic (exact) mass is 296 g/mol. The minimum Gasteiger partial charge on any atom is -0.461 e. The third kappa shape index (κ3) is 2.67. The van der Waals surface area contributed by atoms with Gasteiger partial charge in [0.1, 0.15) is 0 Å². The molecular formula is C14H14ClFN2O2. The third-order valence-electron chi connectivity index (χ3n) is 2.96. The van der Waals surface area contributed by atoms with E-state index in [1.807, 2.05) is 30.3 Å². The Morgan fingerprint density at radius 3 is 2.70 bits per heavy atom. The van der Waals surface area contributed by atoms with Gasteiger partial charge in [-0.25, -0.2) is 4.79 Å². The lowest BCUT2D eigenvalue weighted by molar-refractivity contribution is 0.0511. The van der Waals surface area contributed by atoms with Crippen LogP contribution in [-0.4, -0.2) is 22.1 Å². The van der Waals surface area contributed by atoms with Gasteiger partial charge < -0.3 is 4.74 Å². The highest BCUT2D eigenvalue weighted by molar-refractivity contribution is 6.32. The molecule has 0 fully saturated rings. The Kier molecular flexibility index (Phi) is 4.39. The number of nitrogens with zero attached hydrogens (tertiary/aromatic N) is 2. The van der Waals surface area contributed by atoms with E-state index in [0.717, 1.165) is 10.1 Å². The van der Waals surface area contributed by atoms with Gasteiger partial charge in [-0.1, -0.05) is 41.9 Å². The molecule has 0 saturated carbocycles. The van der Waals surface area contributed by atoms with Crippen molar-refractivity contribution < 1.29 is 13.9 Å². The molecule has 0 N–H and O–H groups in total. The number of ether oxygens (including phenoxy) is 1. The fraction of sp³-hybridized carbons (Fsp3) is 0.286. The van der Waals surface area contributed by atoms with Crippen molar-refractivity contribution in [3.8, 4) is 0 Å². The largest absolute Gasteiger partial charge is 0.461 e. The molecule has 0 spiro atoms. The second-order valence-electron chi connectivity index (χ2n) is 4.20. The smallest absolute Gasteiger partial charge is 0.358 e. The predicted octanol–water partition coefficient (Wildman–Crippen LogP) is 3.46. The summed E-state index contributed by atoms with van der Waals surface area (Å²) in [5, 5.41) is -0.191. The zero-order valence-corrected chi connectivity index (χ0v) is 11.9. The van der Waals surface area contributed by atoms with Crippen LogP contribution in [0.3, 0.4) is 0 Å². The van der Waals surface area contributed by atoms with Crippen molar-refractivity contribution in [1.29, 1.82) is 0 Å². The van der Waals surface area contributed by atoms with E-state index in [-0.39, 0.29) is 17.5 Å². The van der Waals surface area contributed by atoms with E-state index < -0.39 is 18.1 Å². The Balaban J connectivity index is 2.48. The molecule has 0 radical (unpaired) electrons. The normalized spacial score (nSPS) is 12.2. The van der Waals surface area contributed by atoms with Gasteiger partial charge in [0.25, 0.3) is 6.08 Å². The van der Waals surface area contributed by atoms with E-state index in [0.29, 0.717) is 0 Å². The molecule has 2 rings (SSSR count). The summed E-state index contributed by atoms with van der Waals surface area (Å²) >= 11 is 5.84. The first kappa shape index (κ1) is 14.5. The Morgan fingerprint density at radius 2 is 2.10 bits per heavy atom. The summed E-state index contributed by atoms with van der Waals surface area (Å²) in [6, 6.07) is 8.80. The molecule has 1 aromatic heterocycles. The standard InChI is InChI=1S/C14H14ClFN2O2/c1-3-20-13(19)11-12(15)17-14(16)18(11)9(2)10-7-5-4-6-8-10/h4-9H,3H2,1-2H3/t9-/m1/s1. The number of carbonyl (C=O) groups excluding carboxylic acids is 1. The van der Waals surface area contributed by atoms with Crippen molar-refractivity contribution in [3.63, 3.8) is 0 Å². The second-order valence-corrected chi connectivity index (χ2v) is 4.56. The average Bonchev–Trinajstić information content (AvgIpc) is 2.74. The Hall–Kier alpha value is -1.88. The summed E-state index contributed by atoms with van der Waals surface area (Å²) in [4.78, 5) is 15.4. The van der Waals surface area contributed by atoms with Crippen LogP contribution in [0.5, 0.6) is 0 Å². The van der Waals surface area contributed by atoms with Crippen LogP contribution in [-0.2, 0) is 4.74 Å². The highest BCUT2D eigenvalue weighted by Crippen LogP contribution is 2.26. The molecule has 6 heteroatoms. The van der Waals surface area contributed by atoms with Gasteiger partial charge in [0.05, 0.1) is 12.6 Å². The highest BCUT2D eigenvalue weighted by Gasteiger charge is 2.26. The van der Waals surface area contributed by atoms with Gasteiger partial charge in [0, 0.05) is 0 Å². The number of halogens is 2. The minimum atomic E-state index is -0.811. The molecule has 0 unspecified atom stereocenters. The quantitative estimate of drug-likeness (QED) is 0.812. The zero-order valence-electron chi connectivity index (χ0n) is 11.1. The number of carbonyl (C=O) groups is 1. The van der Waals surface area contributed by atoms with Crippen LogP contribution in [0.1, 0.15) is 35.9 Å². The van der Waals surface area contributed by atoms with Crippen LogP contribution in [0.2, 0.25) is 5.15 Å². The summed E-state index contributed by atoms with van der Waals surface area (Å²) in [5.41, 5.74) is 0.772.